The van der Waals surface area contributed by atoms with E-state index in [4.69, 9.17) is 9.72 Å². The van der Waals surface area contributed by atoms with Gasteiger partial charge < -0.3 is 14.5 Å². The molecule has 5 heteroatoms. The van der Waals surface area contributed by atoms with E-state index < -0.39 is 0 Å². The number of piperazine rings is 1. The zero-order valence-corrected chi connectivity index (χ0v) is 13.1. The van der Waals surface area contributed by atoms with Gasteiger partial charge in [0.25, 0.3) is 0 Å². The van der Waals surface area contributed by atoms with Crippen LogP contribution in [0, 0.1) is 0 Å². The van der Waals surface area contributed by atoms with Crippen molar-refractivity contribution >= 4 is 22.7 Å². The van der Waals surface area contributed by atoms with Crippen LogP contribution >= 0.6 is 0 Å². The van der Waals surface area contributed by atoms with Crippen molar-refractivity contribution in [1.82, 2.24) is 9.88 Å². The van der Waals surface area contributed by atoms with Crippen LogP contribution in [0.1, 0.15) is 5.56 Å². The zero-order valence-electron chi connectivity index (χ0n) is 13.1. The number of ether oxygens (including phenoxy) is 1. The standard InChI is InChI=1S/C17H21N3O2/c1-19-7-9-20(10-8-19)16-11-13(12-17(21)22-2)14-5-3-4-6-15(14)18-16/h3-6,11H,7-10,12H2,1-2H3. The molecule has 1 aliphatic rings. The highest BCUT2D eigenvalue weighted by molar-refractivity contribution is 5.88. The molecule has 0 aliphatic carbocycles. The number of carbonyl (C=O) groups is 1. The summed E-state index contributed by atoms with van der Waals surface area (Å²) in [7, 11) is 3.56. The van der Waals surface area contributed by atoms with Crippen LogP contribution in [-0.2, 0) is 16.0 Å². The summed E-state index contributed by atoms with van der Waals surface area (Å²) in [6.07, 6.45) is 0.278. The number of nitrogens with zero attached hydrogens (tertiary/aromatic N) is 3. The van der Waals surface area contributed by atoms with E-state index in [-0.39, 0.29) is 12.4 Å². The molecule has 22 heavy (non-hydrogen) atoms. The molecule has 1 saturated heterocycles. The molecule has 0 bridgehead atoms. The molecule has 5 nitrogen and oxygen atoms in total. The maximum absolute atomic E-state index is 11.7. The van der Waals surface area contributed by atoms with Crippen molar-refractivity contribution in [2.24, 2.45) is 0 Å². The van der Waals surface area contributed by atoms with Crippen molar-refractivity contribution < 1.29 is 9.53 Å². The summed E-state index contributed by atoms with van der Waals surface area (Å²) in [5, 5.41) is 1.02. The predicted molar refractivity (Wildman–Crippen MR) is 87.2 cm³/mol. The summed E-state index contributed by atoms with van der Waals surface area (Å²) in [5.74, 6) is 0.728. The topological polar surface area (TPSA) is 45.7 Å². The first kappa shape index (κ1) is 14.8. The predicted octanol–water partition coefficient (Wildman–Crippen LogP) is 1.70. The number of aromatic nitrogens is 1. The molecule has 0 unspecified atom stereocenters. The molecule has 1 aromatic heterocycles. The van der Waals surface area contributed by atoms with Crippen LogP contribution in [0.15, 0.2) is 30.3 Å². The number of benzene rings is 1. The van der Waals surface area contributed by atoms with Crippen molar-refractivity contribution in [1.29, 1.82) is 0 Å². The van der Waals surface area contributed by atoms with Gasteiger partial charge in [0.15, 0.2) is 0 Å². The third-order valence-electron chi connectivity index (χ3n) is 4.18. The van der Waals surface area contributed by atoms with Crippen molar-refractivity contribution in [3.8, 4) is 0 Å². The molecule has 0 spiro atoms. The van der Waals surface area contributed by atoms with Crippen molar-refractivity contribution in [3.05, 3.63) is 35.9 Å². The molecule has 2 aromatic rings. The maximum atomic E-state index is 11.7. The minimum atomic E-state index is -0.222. The summed E-state index contributed by atoms with van der Waals surface area (Å²) in [6.45, 7) is 3.97. The van der Waals surface area contributed by atoms with Gasteiger partial charge in [-0.25, -0.2) is 4.98 Å². The number of methoxy groups -OCH3 is 1. The average Bonchev–Trinajstić information content (AvgIpc) is 2.55. The van der Waals surface area contributed by atoms with E-state index in [1.54, 1.807) is 0 Å². The molecule has 0 N–H and O–H groups in total. The van der Waals surface area contributed by atoms with E-state index in [1.165, 1.54) is 7.11 Å². The quantitative estimate of drug-likeness (QED) is 0.807. The molecule has 1 fully saturated rings. The minimum absolute atomic E-state index is 0.222. The number of esters is 1. The monoisotopic (exact) mass is 299 g/mol. The third kappa shape index (κ3) is 3.04. The minimum Gasteiger partial charge on any atom is -0.469 e. The summed E-state index contributed by atoms with van der Waals surface area (Å²) in [6, 6.07) is 9.99. The summed E-state index contributed by atoms with van der Waals surface area (Å²) in [5.41, 5.74) is 1.91. The first-order chi connectivity index (χ1) is 10.7. The lowest BCUT2D eigenvalue weighted by atomic mass is 10.1. The Hall–Kier alpha value is -2.14. The maximum Gasteiger partial charge on any atom is 0.310 e. The molecule has 2 heterocycles. The van der Waals surface area contributed by atoms with E-state index in [0.29, 0.717) is 0 Å². The number of carbonyl (C=O) groups excluding carboxylic acids is 1. The van der Waals surface area contributed by atoms with E-state index in [0.717, 1.165) is 48.5 Å². The molecule has 0 saturated carbocycles. The number of para-hydroxylation sites is 1. The Morgan fingerprint density at radius 3 is 2.68 bits per heavy atom. The highest BCUT2D eigenvalue weighted by Gasteiger charge is 2.18. The average molecular weight is 299 g/mol. The second-order valence-electron chi connectivity index (χ2n) is 5.70. The van der Waals surface area contributed by atoms with Gasteiger partial charge in [0.05, 0.1) is 19.0 Å². The number of likely N-dealkylation sites (N-methyl/N-ethyl adjacent to an activating group) is 1. The Balaban J connectivity index is 1.98. The molecule has 3 rings (SSSR count). The molecule has 0 amide bonds. The number of fused-ring (bicyclic) bond motifs is 1. The van der Waals surface area contributed by atoms with Crippen LogP contribution in [0.5, 0.6) is 0 Å². The lowest BCUT2D eigenvalue weighted by Gasteiger charge is -2.33. The van der Waals surface area contributed by atoms with Gasteiger partial charge in [-0.2, -0.15) is 0 Å². The van der Waals surface area contributed by atoms with Crippen LogP contribution in [0.25, 0.3) is 10.9 Å². The summed E-state index contributed by atoms with van der Waals surface area (Å²) < 4.78 is 4.82. The first-order valence-electron chi connectivity index (χ1n) is 7.56. The molecule has 0 radical (unpaired) electrons. The van der Waals surface area contributed by atoms with Gasteiger partial charge in [-0.1, -0.05) is 18.2 Å². The Bertz CT molecular complexity index is 679. The fraction of sp³-hybridized carbons (Fsp3) is 0.412. The van der Waals surface area contributed by atoms with Gasteiger partial charge in [0.1, 0.15) is 5.82 Å². The second-order valence-corrected chi connectivity index (χ2v) is 5.70. The number of hydrogen-bond acceptors (Lipinski definition) is 5. The Morgan fingerprint density at radius 1 is 1.23 bits per heavy atom. The van der Waals surface area contributed by atoms with Gasteiger partial charge in [-0.15, -0.1) is 0 Å². The number of pyridine rings is 1. The largest absolute Gasteiger partial charge is 0.469 e. The van der Waals surface area contributed by atoms with E-state index in [1.807, 2.05) is 30.3 Å². The highest BCUT2D eigenvalue weighted by atomic mass is 16.5. The molecular weight excluding hydrogens is 278 g/mol. The van der Waals surface area contributed by atoms with Crippen molar-refractivity contribution in [2.75, 3.05) is 45.2 Å². The van der Waals surface area contributed by atoms with Crippen LogP contribution < -0.4 is 4.90 Å². The number of rotatable bonds is 3. The Morgan fingerprint density at radius 2 is 1.95 bits per heavy atom. The first-order valence-corrected chi connectivity index (χ1v) is 7.56. The Labute approximate surface area is 130 Å². The lowest BCUT2D eigenvalue weighted by molar-refractivity contribution is -0.139. The fourth-order valence-electron chi connectivity index (χ4n) is 2.80. The van der Waals surface area contributed by atoms with Crippen LogP contribution in [-0.4, -0.2) is 56.2 Å². The summed E-state index contributed by atoms with van der Waals surface area (Å²) >= 11 is 0. The Kier molecular flexibility index (Phi) is 4.24. The second kappa shape index (κ2) is 6.32. The number of anilines is 1. The van der Waals surface area contributed by atoms with Crippen molar-refractivity contribution in [3.63, 3.8) is 0 Å². The van der Waals surface area contributed by atoms with Gasteiger partial charge in [0, 0.05) is 31.6 Å². The van der Waals surface area contributed by atoms with Gasteiger partial charge >= 0.3 is 5.97 Å². The molecule has 1 aromatic carbocycles. The van der Waals surface area contributed by atoms with E-state index in [9.17, 15) is 4.79 Å². The fourth-order valence-corrected chi connectivity index (χ4v) is 2.80. The summed E-state index contributed by atoms with van der Waals surface area (Å²) in [4.78, 5) is 21.1. The SMILES string of the molecule is COC(=O)Cc1cc(N2CCN(C)CC2)nc2ccccc12. The molecule has 1 aliphatic heterocycles. The smallest absolute Gasteiger partial charge is 0.310 e. The van der Waals surface area contributed by atoms with Gasteiger partial charge in [-0.05, 0) is 24.7 Å². The van der Waals surface area contributed by atoms with Gasteiger partial charge in [-0.3, -0.25) is 4.79 Å². The number of hydrogen-bond donors (Lipinski definition) is 0. The van der Waals surface area contributed by atoms with Crippen molar-refractivity contribution in [2.45, 2.75) is 6.42 Å². The van der Waals surface area contributed by atoms with Crippen LogP contribution in [0.4, 0.5) is 5.82 Å². The highest BCUT2D eigenvalue weighted by Crippen LogP contribution is 2.24. The molecular formula is C17H21N3O2. The van der Waals surface area contributed by atoms with Gasteiger partial charge in [0.2, 0.25) is 0 Å². The van der Waals surface area contributed by atoms with Crippen LogP contribution in [0.3, 0.4) is 0 Å². The van der Waals surface area contributed by atoms with Crippen LogP contribution in [0.2, 0.25) is 0 Å². The normalized spacial score (nSPS) is 16.0. The van der Waals surface area contributed by atoms with E-state index in [2.05, 4.69) is 16.8 Å². The third-order valence-corrected chi connectivity index (χ3v) is 4.18. The molecule has 116 valence electrons. The van der Waals surface area contributed by atoms with E-state index >= 15 is 0 Å². The zero-order chi connectivity index (χ0) is 15.5. The lowest BCUT2D eigenvalue weighted by Crippen LogP contribution is -2.44. The molecule has 0 atom stereocenters.